The van der Waals surface area contributed by atoms with Crippen molar-refractivity contribution >= 4 is 17.6 Å². The summed E-state index contributed by atoms with van der Waals surface area (Å²) >= 11 is 0. The van der Waals surface area contributed by atoms with Gasteiger partial charge >= 0.3 is 12.1 Å². The molecule has 0 unspecified atom stereocenters. The molecule has 1 aromatic heterocycles. The first-order valence-corrected chi connectivity index (χ1v) is 7.62. The summed E-state index contributed by atoms with van der Waals surface area (Å²) in [7, 11) is 1.17. The standard InChI is InChI=1S/C17H21FN2O4/c1-17(2,3)24-16(22)20-7-5-11(6-8-20)12-9-13(18)14(19-10-12)15(21)23-4/h5,9-10H,6-8H2,1-4H3. The topological polar surface area (TPSA) is 68.7 Å². The van der Waals surface area contributed by atoms with Crippen LogP contribution in [0.5, 0.6) is 0 Å². The molecule has 0 aromatic carbocycles. The van der Waals surface area contributed by atoms with E-state index in [-0.39, 0.29) is 11.8 Å². The average molecular weight is 336 g/mol. The highest BCUT2D eigenvalue weighted by atomic mass is 19.1. The van der Waals surface area contributed by atoms with Crippen LogP contribution in [0.1, 0.15) is 43.2 Å². The van der Waals surface area contributed by atoms with Crippen LogP contribution in [0.25, 0.3) is 5.57 Å². The molecular formula is C17H21FN2O4. The number of pyridine rings is 1. The van der Waals surface area contributed by atoms with E-state index in [1.807, 2.05) is 26.8 Å². The molecule has 0 fully saturated rings. The minimum atomic E-state index is -0.812. The number of halogens is 1. The van der Waals surface area contributed by atoms with Crippen molar-refractivity contribution in [3.8, 4) is 0 Å². The van der Waals surface area contributed by atoms with Gasteiger partial charge in [0.1, 0.15) is 5.60 Å². The minimum absolute atomic E-state index is 0.340. The van der Waals surface area contributed by atoms with Crippen molar-refractivity contribution in [1.29, 1.82) is 0 Å². The van der Waals surface area contributed by atoms with Gasteiger partial charge in [0.25, 0.3) is 0 Å². The number of ether oxygens (including phenoxy) is 2. The summed E-state index contributed by atoms with van der Waals surface area (Å²) in [5, 5.41) is 0. The predicted octanol–water partition coefficient (Wildman–Crippen LogP) is 3.03. The Hall–Kier alpha value is -2.44. The molecule has 0 aliphatic carbocycles. The Morgan fingerprint density at radius 2 is 2.04 bits per heavy atom. The quantitative estimate of drug-likeness (QED) is 0.777. The number of carbonyl (C=O) groups excluding carboxylic acids is 2. The molecule has 24 heavy (non-hydrogen) atoms. The van der Waals surface area contributed by atoms with Crippen LogP contribution in [0, 0.1) is 5.82 Å². The van der Waals surface area contributed by atoms with Crippen LogP contribution in [0.4, 0.5) is 9.18 Å². The molecule has 0 N–H and O–H groups in total. The molecule has 130 valence electrons. The van der Waals surface area contributed by atoms with Crippen LogP contribution in [-0.2, 0) is 9.47 Å². The van der Waals surface area contributed by atoms with Crippen molar-refractivity contribution in [1.82, 2.24) is 9.88 Å². The van der Waals surface area contributed by atoms with Crippen molar-refractivity contribution in [2.45, 2.75) is 32.8 Å². The maximum absolute atomic E-state index is 14.0. The summed E-state index contributed by atoms with van der Waals surface area (Å²) in [6, 6.07) is 1.26. The maximum atomic E-state index is 14.0. The number of amides is 1. The van der Waals surface area contributed by atoms with E-state index in [2.05, 4.69) is 9.72 Å². The molecule has 1 amide bonds. The van der Waals surface area contributed by atoms with Gasteiger partial charge in [-0.1, -0.05) is 6.08 Å². The largest absolute Gasteiger partial charge is 0.464 e. The third-order valence-corrected chi connectivity index (χ3v) is 3.45. The molecule has 0 spiro atoms. The highest BCUT2D eigenvalue weighted by Gasteiger charge is 2.24. The number of hydrogen-bond acceptors (Lipinski definition) is 5. The van der Waals surface area contributed by atoms with Crippen molar-refractivity contribution in [2.75, 3.05) is 20.2 Å². The SMILES string of the molecule is COC(=O)c1ncc(C2=CCN(C(=O)OC(C)(C)C)CC2)cc1F. The van der Waals surface area contributed by atoms with E-state index in [1.54, 1.807) is 4.90 Å². The molecular weight excluding hydrogens is 315 g/mol. The van der Waals surface area contributed by atoms with Crippen molar-refractivity contribution in [2.24, 2.45) is 0 Å². The predicted molar refractivity (Wildman–Crippen MR) is 85.9 cm³/mol. The third-order valence-electron chi connectivity index (χ3n) is 3.45. The monoisotopic (exact) mass is 336 g/mol. The van der Waals surface area contributed by atoms with Gasteiger partial charge in [0.2, 0.25) is 0 Å². The van der Waals surface area contributed by atoms with Gasteiger partial charge in [0.05, 0.1) is 7.11 Å². The second kappa shape index (κ2) is 6.98. The fourth-order valence-corrected chi connectivity index (χ4v) is 2.28. The van der Waals surface area contributed by atoms with E-state index in [0.29, 0.717) is 25.1 Å². The van der Waals surface area contributed by atoms with Crippen molar-refractivity contribution in [3.05, 3.63) is 35.4 Å². The van der Waals surface area contributed by atoms with E-state index in [0.717, 1.165) is 5.57 Å². The van der Waals surface area contributed by atoms with Crippen LogP contribution in [-0.4, -0.2) is 47.7 Å². The summed E-state index contributed by atoms with van der Waals surface area (Å²) in [6.45, 7) is 6.29. The summed E-state index contributed by atoms with van der Waals surface area (Å²) in [4.78, 5) is 28.8. The highest BCUT2D eigenvalue weighted by Crippen LogP contribution is 2.24. The van der Waals surface area contributed by atoms with Gasteiger partial charge in [-0.05, 0) is 44.4 Å². The number of carbonyl (C=O) groups is 2. The van der Waals surface area contributed by atoms with Crippen LogP contribution in [0.3, 0.4) is 0 Å². The Bertz CT molecular complexity index is 680. The van der Waals surface area contributed by atoms with Crippen molar-refractivity contribution in [3.63, 3.8) is 0 Å². The summed E-state index contributed by atoms with van der Waals surface area (Å²) in [5.74, 6) is -1.54. The second-order valence-electron chi connectivity index (χ2n) is 6.45. The van der Waals surface area contributed by atoms with E-state index in [4.69, 9.17) is 4.74 Å². The molecule has 7 heteroatoms. The van der Waals surface area contributed by atoms with Gasteiger partial charge in [-0.15, -0.1) is 0 Å². The van der Waals surface area contributed by atoms with E-state index in [9.17, 15) is 14.0 Å². The Labute approximate surface area is 140 Å². The third kappa shape index (κ3) is 4.31. The molecule has 0 radical (unpaired) electrons. The van der Waals surface area contributed by atoms with Gasteiger partial charge in [0.15, 0.2) is 11.5 Å². The van der Waals surface area contributed by atoms with E-state index < -0.39 is 17.4 Å². The smallest absolute Gasteiger partial charge is 0.410 e. The zero-order chi connectivity index (χ0) is 17.9. The maximum Gasteiger partial charge on any atom is 0.410 e. The minimum Gasteiger partial charge on any atom is -0.464 e. The zero-order valence-electron chi connectivity index (χ0n) is 14.3. The number of nitrogens with zero attached hydrogens (tertiary/aromatic N) is 2. The lowest BCUT2D eigenvalue weighted by Crippen LogP contribution is -2.39. The first-order valence-electron chi connectivity index (χ1n) is 7.62. The lowest BCUT2D eigenvalue weighted by molar-refractivity contribution is 0.0270. The van der Waals surface area contributed by atoms with Crippen molar-refractivity contribution < 1.29 is 23.5 Å². The Morgan fingerprint density at radius 1 is 1.33 bits per heavy atom. The fraction of sp³-hybridized carbons (Fsp3) is 0.471. The van der Waals surface area contributed by atoms with E-state index >= 15 is 0 Å². The Kier molecular flexibility index (Phi) is 5.21. The molecule has 0 atom stereocenters. The van der Waals surface area contributed by atoms with Crippen LogP contribution in [0.2, 0.25) is 0 Å². The molecule has 1 aliphatic rings. The summed E-state index contributed by atoms with van der Waals surface area (Å²) in [6.07, 6.45) is 3.45. The molecule has 2 heterocycles. The molecule has 0 bridgehead atoms. The van der Waals surface area contributed by atoms with Gasteiger partial charge < -0.3 is 14.4 Å². The first-order chi connectivity index (χ1) is 11.2. The number of esters is 1. The summed E-state index contributed by atoms with van der Waals surface area (Å²) < 4.78 is 23.8. The number of rotatable bonds is 2. The molecule has 1 aliphatic heterocycles. The normalized spacial score (nSPS) is 14.9. The lowest BCUT2D eigenvalue weighted by Gasteiger charge is -2.29. The molecule has 2 rings (SSSR count). The van der Waals surface area contributed by atoms with Gasteiger partial charge in [-0.3, -0.25) is 0 Å². The number of hydrogen-bond donors (Lipinski definition) is 0. The highest BCUT2D eigenvalue weighted by molar-refractivity contribution is 5.87. The molecule has 6 nitrogen and oxygen atoms in total. The van der Waals surface area contributed by atoms with Crippen LogP contribution >= 0.6 is 0 Å². The molecule has 1 aromatic rings. The average Bonchev–Trinajstić information content (AvgIpc) is 2.52. The fourth-order valence-electron chi connectivity index (χ4n) is 2.28. The van der Waals surface area contributed by atoms with Gasteiger partial charge in [0, 0.05) is 19.3 Å². The second-order valence-corrected chi connectivity index (χ2v) is 6.45. The summed E-state index contributed by atoms with van der Waals surface area (Å²) in [5.41, 5.74) is 0.576. The number of methoxy groups -OCH3 is 1. The first kappa shape index (κ1) is 17.9. The van der Waals surface area contributed by atoms with Gasteiger partial charge in [-0.2, -0.15) is 0 Å². The molecule has 0 saturated heterocycles. The van der Waals surface area contributed by atoms with E-state index in [1.165, 1.54) is 19.4 Å². The lowest BCUT2D eigenvalue weighted by atomic mass is 10.0. The Balaban J connectivity index is 2.09. The zero-order valence-corrected chi connectivity index (χ0v) is 14.3. The Morgan fingerprint density at radius 3 is 2.54 bits per heavy atom. The van der Waals surface area contributed by atoms with Crippen LogP contribution < -0.4 is 0 Å². The van der Waals surface area contributed by atoms with Crippen LogP contribution in [0.15, 0.2) is 18.3 Å². The number of aromatic nitrogens is 1. The van der Waals surface area contributed by atoms with Gasteiger partial charge in [-0.25, -0.2) is 19.0 Å². The molecule has 0 saturated carbocycles.